The van der Waals surface area contributed by atoms with Gasteiger partial charge in [0.2, 0.25) is 0 Å². The Kier molecular flexibility index (Phi) is 3.23. The average molecular weight is 350 g/mol. The molecule has 1 saturated heterocycles. The Morgan fingerprint density at radius 1 is 1.27 bits per heavy atom. The Hall–Kier alpha value is -2.70. The molecule has 0 unspecified atom stereocenters. The number of aromatic nitrogens is 5. The van der Waals surface area contributed by atoms with Crippen LogP contribution in [0.15, 0.2) is 18.5 Å². The van der Waals surface area contributed by atoms with Crippen LogP contribution in [0.4, 0.5) is 0 Å². The zero-order chi connectivity index (χ0) is 18.0. The van der Waals surface area contributed by atoms with Crippen LogP contribution < -0.4 is 0 Å². The highest BCUT2D eigenvalue weighted by Gasteiger charge is 2.44. The molecule has 7 heteroatoms. The molecular formula is C19H22N6O. The molecule has 3 aromatic heterocycles. The Balaban J connectivity index is 1.58. The number of carbonyl (C=O) groups is 1. The van der Waals surface area contributed by atoms with Crippen LogP contribution >= 0.6 is 0 Å². The number of amides is 1. The summed E-state index contributed by atoms with van der Waals surface area (Å²) in [7, 11) is 0. The maximum Gasteiger partial charge on any atom is 0.258 e. The highest BCUT2D eigenvalue weighted by molar-refractivity contribution is 5.96. The van der Waals surface area contributed by atoms with Crippen molar-refractivity contribution in [3.05, 3.63) is 46.7 Å². The van der Waals surface area contributed by atoms with E-state index < -0.39 is 0 Å². The van der Waals surface area contributed by atoms with E-state index >= 15 is 0 Å². The minimum Gasteiger partial charge on any atom is -0.328 e. The van der Waals surface area contributed by atoms with Gasteiger partial charge in [0.05, 0.1) is 29.2 Å². The zero-order valence-corrected chi connectivity index (χ0v) is 15.3. The van der Waals surface area contributed by atoms with Gasteiger partial charge in [-0.05, 0) is 33.6 Å². The molecule has 0 aliphatic carbocycles. The van der Waals surface area contributed by atoms with Crippen LogP contribution in [0.25, 0.3) is 5.65 Å². The van der Waals surface area contributed by atoms with Crippen LogP contribution in [-0.4, -0.2) is 41.2 Å². The van der Waals surface area contributed by atoms with Gasteiger partial charge in [-0.25, -0.2) is 9.50 Å². The van der Waals surface area contributed by atoms with Gasteiger partial charge in [-0.15, -0.1) is 0 Å². The number of carbonyl (C=O) groups excluding carboxylic acids is 1. The van der Waals surface area contributed by atoms with Gasteiger partial charge in [0, 0.05) is 42.5 Å². The second-order valence-corrected chi connectivity index (χ2v) is 7.34. The van der Waals surface area contributed by atoms with Crippen molar-refractivity contribution < 1.29 is 4.79 Å². The van der Waals surface area contributed by atoms with E-state index in [1.54, 1.807) is 6.20 Å². The standard InChI is InChI=1S/C19H22N6O/c1-4-23-12(3)14(10-21-23)19(26)24-13-5-6-16(24)15-9-20-18-7-11(2)22-25(18)17(15)8-13/h7,9-10,13,16H,4-6,8H2,1-3H3/t13-,16+/m0/s1. The van der Waals surface area contributed by atoms with Crippen LogP contribution in [0.1, 0.15) is 58.8 Å². The zero-order valence-electron chi connectivity index (χ0n) is 15.3. The fourth-order valence-corrected chi connectivity index (χ4v) is 4.63. The van der Waals surface area contributed by atoms with Gasteiger partial charge in [0.15, 0.2) is 5.65 Å². The SMILES string of the molecule is CCn1ncc(C(=O)N2[C@H]3CC[C@@H]2c2cnc4cc(C)nn4c2C3)c1C. The number of aryl methyl sites for hydroxylation is 2. The lowest BCUT2D eigenvalue weighted by Crippen LogP contribution is -2.42. The molecule has 26 heavy (non-hydrogen) atoms. The summed E-state index contributed by atoms with van der Waals surface area (Å²) in [5.74, 6) is 0.0945. The number of rotatable bonds is 2. The van der Waals surface area contributed by atoms with E-state index in [0.29, 0.717) is 0 Å². The van der Waals surface area contributed by atoms with Crippen molar-refractivity contribution in [2.45, 2.75) is 58.7 Å². The first-order valence-corrected chi connectivity index (χ1v) is 9.27. The summed E-state index contributed by atoms with van der Waals surface area (Å²) in [6.45, 7) is 6.77. The molecule has 2 aliphatic rings. The fourth-order valence-electron chi connectivity index (χ4n) is 4.63. The van der Waals surface area contributed by atoms with E-state index in [0.717, 1.165) is 54.0 Å². The molecule has 5 heterocycles. The minimum atomic E-state index is 0.0852. The predicted octanol–water partition coefficient (Wildman–Crippen LogP) is 2.46. The summed E-state index contributed by atoms with van der Waals surface area (Å²) in [6, 6.07) is 2.31. The molecule has 1 fully saturated rings. The lowest BCUT2D eigenvalue weighted by Gasteiger charge is -2.36. The van der Waals surface area contributed by atoms with Gasteiger partial charge in [0.1, 0.15) is 0 Å². The van der Waals surface area contributed by atoms with Gasteiger partial charge < -0.3 is 4.90 Å². The predicted molar refractivity (Wildman–Crippen MR) is 96.0 cm³/mol. The van der Waals surface area contributed by atoms with Crippen molar-refractivity contribution in [2.24, 2.45) is 0 Å². The maximum absolute atomic E-state index is 13.3. The lowest BCUT2D eigenvalue weighted by atomic mass is 9.98. The van der Waals surface area contributed by atoms with Crippen LogP contribution in [0, 0.1) is 13.8 Å². The maximum atomic E-state index is 13.3. The summed E-state index contributed by atoms with van der Waals surface area (Å²) in [6.07, 6.45) is 6.50. The summed E-state index contributed by atoms with van der Waals surface area (Å²) in [4.78, 5) is 20.0. The third kappa shape index (κ3) is 2.00. The normalized spacial score (nSPS) is 21.4. The summed E-state index contributed by atoms with van der Waals surface area (Å²) < 4.78 is 3.85. The highest BCUT2D eigenvalue weighted by Crippen LogP contribution is 2.44. The van der Waals surface area contributed by atoms with Crippen LogP contribution in [-0.2, 0) is 13.0 Å². The van der Waals surface area contributed by atoms with E-state index in [-0.39, 0.29) is 18.0 Å². The Morgan fingerprint density at radius 3 is 2.88 bits per heavy atom. The van der Waals surface area contributed by atoms with Gasteiger partial charge in [-0.1, -0.05) is 0 Å². The number of hydrogen-bond acceptors (Lipinski definition) is 4. The van der Waals surface area contributed by atoms with E-state index in [2.05, 4.69) is 20.1 Å². The number of hydrogen-bond donors (Lipinski definition) is 0. The second-order valence-electron chi connectivity index (χ2n) is 7.34. The average Bonchev–Trinajstić information content (AvgIpc) is 3.28. The molecule has 0 saturated carbocycles. The molecule has 1 amide bonds. The van der Waals surface area contributed by atoms with Crippen molar-refractivity contribution in [3.8, 4) is 0 Å². The van der Waals surface area contributed by atoms with E-state index in [1.807, 2.05) is 42.2 Å². The quantitative estimate of drug-likeness (QED) is 0.712. The largest absolute Gasteiger partial charge is 0.328 e. The molecule has 134 valence electrons. The van der Waals surface area contributed by atoms with Crippen molar-refractivity contribution in [2.75, 3.05) is 0 Å². The lowest BCUT2D eigenvalue weighted by molar-refractivity contribution is 0.0641. The van der Waals surface area contributed by atoms with Gasteiger partial charge in [0.25, 0.3) is 5.91 Å². The van der Waals surface area contributed by atoms with Crippen molar-refractivity contribution in [1.82, 2.24) is 29.3 Å². The Labute approximate surface area is 151 Å². The third-order valence-electron chi connectivity index (χ3n) is 5.90. The topological polar surface area (TPSA) is 68.3 Å². The van der Waals surface area contributed by atoms with Crippen LogP contribution in [0.2, 0.25) is 0 Å². The smallest absolute Gasteiger partial charge is 0.258 e. The Morgan fingerprint density at radius 2 is 2.12 bits per heavy atom. The van der Waals surface area contributed by atoms with Crippen molar-refractivity contribution >= 4 is 11.6 Å². The Bertz CT molecular complexity index is 1030. The van der Waals surface area contributed by atoms with Gasteiger partial charge in [-0.3, -0.25) is 9.48 Å². The number of nitrogens with zero attached hydrogens (tertiary/aromatic N) is 6. The van der Waals surface area contributed by atoms with Crippen LogP contribution in [0.5, 0.6) is 0 Å². The van der Waals surface area contributed by atoms with Crippen LogP contribution in [0.3, 0.4) is 0 Å². The molecular weight excluding hydrogens is 328 g/mol. The first-order valence-electron chi connectivity index (χ1n) is 9.27. The monoisotopic (exact) mass is 350 g/mol. The summed E-state index contributed by atoms with van der Waals surface area (Å²) in [5.41, 5.74) is 5.87. The van der Waals surface area contributed by atoms with Gasteiger partial charge >= 0.3 is 0 Å². The van der Waals surface area contributed by atoms with E-state index in [4.69, 9.17) is 0 Å². The molecule has 0 aromatic carbocycles. The minimum absolute atomic E-state index is 0.0852. The van der Waals surface area contributed by atoms with Crippen molar-refractivity contribution in [3.63, 3.8) is 0 Å². The summed E-state index contributed by atoms with van der Waals surface area (Å²) >= 11 is 0. The molecule has 2 aliphatic heterocycles. The van der Waals surface area contributed by atoms with E-state index in [1.165, 1.54) is 5.69 Å². The molecule has 7 nitrogen and oxygen atoms in total. The molecule has 2 bridgehead atoms. The van der Waals surface area contributed by atoms with Gasteiger partial charge in [-0.2, -0.15) is 10.2 Å². The highest BCUT2D eigenvalue weighted by atomic mass is 16.2. The second kappa shape index (κ2) is 5.40. The molecule has 0 radical (unpaired) electrons. The molecule has 0 N–H and O–H groups in total. The fraction of sp³-hybridized carbons (Fsp3) is 0.474. The molecule has 3 aromatic rings. The molecule has 2 atom stereocenters. The first-order chi connectivity index (χ1) is 12.6. The summed E-state index contributed by atoms with van der Waals surface area (Å²) in [5, 5.41) is 8.97. The molecule has 0 spiro atoms. The van der Waals surface area contributed by atoms with Crippen molar-refractivity contribution in [1.29, 1.82) is 0 Å². The number of fused-ring (bicyclic) bond motifs is 6. The molecule has 5 rings (SSSR count). The first kappa shape index (κ1) is 15.5. The third-order valence-corrected chi connectivity index (χ3v) is 5.90. The van der Waals surface area contributed by atoms with E-state index in [9.17, 15) is 4.79 Å².